The fourth-order valence-electron chi connectivity index (χ4n) is 3.26. The third-order valence-electron chi connectivity index (χ3n) is 4.95. The first-order chi connectivity index (χ1) is 15.8. The van der Waals surface area contributed by atoms with E-state index in [0.717, 1.165) is 17.7 Å². The summed E-state index contributed by atoms with van der Waals surface area (Å²) in [5.74, 6) is 1.13. The summed E-state index contributed by atoms with van der Waals surface area (Å²) >= 11 is 0. The minimum atomic E-state index is -4.46. The number of aromatic amines is 1. The molecule has 0 atom stereocenters. The number of hydrogen-bond acceptors (Lipinski definition) is 6. The average Bonchev–Trinajstić information content (AvgIpc) is 3.25. The molecule has 1 aliphatic rings. The summed E-state index contributed by atoms with van der Waals surface area (Å²) in [7, 11) is 0. The van der Waals surface area contributed by atoms with Gasteiger partial charge in [-0.05, 0) is 29.3 Å². The summed E-state index contributed by atoms with van der Waals surface area (Å²) in [6, 6.07) is 10.1. The molecule has 11 heteroatoms. The Bertz CT molecular complexity index is 1230. The lowest BCUT2D eigenvalue weighted by molar-refractivity contribution is -0.137. The fourth-order valence-corrected chi connectivity index (χ4v) is 3.26. The predicted molar refractivity (Wildman–Crippen MR) is 110 cm³/mol. The number of fused-ring (bicyclic) bond motifs is 1. The Kier molecular flexibility index (Phi) is 6.29. The Hall–Kier alpha value is -3.89. The molecule has 0 aliphatic carbocycles. The molecule has 0 fully saturated rings. The summed E-state index contributed by atoms with van der Waals surface area (Å²) in [5.41, 5.74) is -0.0649. The number of nitrogens with one attached hydrogen (secondary N) is 2. The van der Waals surface area contributed by atoms with Gasteiger partial charge in [-0.3, -0.25) is 9.59 Å². The van der Waals surface area contributed by atoms with Crippen molar-refractivity contribution in [3.63, 3.8) is 0 Å². The number of amides is 1. The first-order valence-corrected chi connectivity index (χ1v) is 10.0. The molecule has 172 valence electrons. The van der Waals surface area contributed by atoms with Crippen LogP contribution in [0.25, 0.3) is 0 Å². The van der Waals surface area contributed by atoms with E-state index in [1.165, 1.54) is 12.1 Å². The van der Waals surface area contributed by atoms with Crippen molar-refractivity contribution < 1.29 is 27.4 Å². The van der Waals surface area contributed by atoms with Crippen LogP contribution in [0, 0.1) is 0 Å². The van der Waals surface area contributed by atoms with Crippen LogP contribution in [0.1, 0.15) is 34.6 Å². The Morgan fingerprint density at radius 1 is 1.06 bits per heavy atom. The van der Waals surface area contributed by atoms with Crippen LogP contribution in [0.4, 0.5) is 13.2 Å². The van der Waals surface area contributed by atoms with Crippen molar-refractivity contribution in [1.29, 1.82) is 0 Å². The Morgan fingerprint density at radius 2 is 1.88 bits per heavy atom. The smallest absolute Gasteiger partial charge is 0.416 e. The largest absolute Gasteiger partial charge is 0.454 e. The molecule has 0 bridgehead atoms. The highest BCUT2D eigenvalue weighted by Crippen LogP contribution is 2.32. The summed E-state index contributed by atoms with van der Waals surface area (Å²) in [6.07, 6.45) is -4.38. The number of benzene rings is 2. The first kappa shape index (κ1) is 22.3. The summed E-state index contributed by atoms with van der Waals surface area (Å²) < 4.78 is 49.1. The zero-order valence-electron chi connectivity index (χ0n) is 17.2. The van der Waals surface area contributed by atoms with Crippen LogP contribution in [0.3, 0.4) is 0 Å². The number of hydrogen-bond donors (Lipinski definition) is 2. The molecule has 4 rings (SSSR count). The van der Waals surface area contributed by atoms with Gasteiger partial charge in [-0.2, -0.15) is 13.2 Å². The lowest BCUT2D eigenvalue weighted by Gasteiger charge is -2.08. The van der Waals surface area contributed by atoms with E-state index in [4.69, 9.17) is 9.47 Å². The second-order valence-corrected chi connectivity index (χ2v) is 7.39. The summed E-state index contributed by atoms with van der Waals surface area (Å²) in [6.45, 7) is 0.451. The van der Waals surface area contributed by atoms with Crippen molar-refractivity contribution in [2.24, 2.45) is 0 Å². The molecule has 2 heterocycles. The van der Waals surface area contributed by atoms with E-state index >= 15 is 0 Å². The Morgan fingerprint density at radius 3 is 2.67 bits per heavy atom. The van der Waals surface area contributed by atoms with E-state index < -0.39 is 17.3 Å². The van der Waals surface area contributed by atoms with Crippen molar-refractivity contribution >= 4 is 5.91 Å². The van der Waals surface area contributed by atoms with Gasteiger partial charge >= 0.3 is 6.18 Å². The van der Waals surface area contributed by atoms with Crippen molar-refractivity contribution in [3.8, 4) is 11.5 Å². The van der Waals surface area contributed by atoms with E-state index in [2.05, 4.69) is 20.5 Å². The van der Waals surface area contributed by atoms with E-state index in [9.17, 15) is 22.8 Å². The number of aromatic nitrogens is 3. The standard InChI is InChI=1S/C22H19F3N4O4/c23-22(24,25)15-3-1-2-13(8-15)10-19-27-21(31)16(28-29-19)5-7-20(30)26-11-14-4-6-17-18(9-14)33-12-32-17/h1-4,6,8-9H,5,7,10-12H2,(H,26,30)(H,27,29,31). The number of halogens is 3. The second kappa shape index (κ2) is 9.31. The molecule has 0 saturated carbocycles. The van der Waals surface area contributed by atoms with Gasteiger partial charge in [-0.1, -0.05) is 24.3 Å². The number of carbonyl (C=O) groups is 1. The lowest BCUT2D eigenvalue weighted by atomic mass is 10.1. The van der Waals surface area contributed by atoms with Crippen molar-refractivity contribution in [3.05, 3.63) is 81.0 Å². The Labute approximate surface area is 185 Å². The molecule has 1 aliphatic heterocycles. The molecule has 1 aromatic heterocycles. The van der Waals surface area contributed by atoms with Gasteiger partial charge in [0.1, 0.15) is 11.5 Å². The quantitative estimate of drug-likeness (QED) is 0.562. The van der Waals surface area contributed by atoms with E-state index in [1.807, 2.05) is 6.07 Å². The normalized spacial score (nSPS) is 12.6. The van der Waals surface area contributed by atoms with E-state index in [1.54, 1.807) is 12.1 Å². The third-order valence-corrected chi connectivity index (χ3v) is 4.95. The van der Waals surface area contributed by atoms with Crippen LogP contribution in [0.5, 0.6) is 11.5 Å². The molecular weight excluding hydrogens is 441 g/mol. The molecule has 0 saturated heterocycles. The van der Waals surface area contributed by atoms with Crippen LogP contribution in [0.15, 0.2) is 47.3 Å². The van der Waals surface area contributed by atoms with Gasteiger partial charge in [0.25, 0.3) is 5.56 Å². The van der Waals surface area contributed by atoms with Gasteiger partial charge in [0.2, 0.25) is 12.7 Å². The molecule has 3 aromatic rings. The molecule has 0 radical (unpaired) electrons. The summed E-state index contributed by atoms with van der Waals surface area (Å²) in [5, 5.41) is 10.5. The monoisotopic (exact) mass is 460 g/mol. The minimum Gasteiger partial charge on any atom is -0.454 e. The number of rotatable bonds is 7. The molecular formula is C22H19F3N4O4. The Balaban J connectivity index is 1.30. The van der Waals surface area contributed by atoms with Crippen LogP contribution >= 0.6 is 0 Å². The van der Waals surface area contributed by atoms with Gasteiger partial charge in [0.05, 0.1) is 5.56 Å². The predicted octanol–water partition coefficient (Wildman–Crippen LogP) is 2.75. The van der Waals surface area contributed by atoms with Gasteiger partial charge in [0.15, 0.2) is 11.5 Å². The first-order valence-electron chi connectivity index (χ1n) is 10.0. The highest BCUT2D eigenvalue weighted by molar-refractivity contribution is 5.76. The molecule has 2 N–H and O–H groups in total. The topological polar surface area (TPSA) is 106 Å². The molecule has 8 nitrogen and oxygen atoms in total. The number of nitrogens with zero attached hydrogens (tertiary/aromatic N) is 2. The van der Waals surface area contributed by atoms with Gasteiger partial charge < -0.3 is 19.8 Å². The van der Waals surface area contributed by atoms with Gasteiger partial charge in [0, 0.05) is 25.8 Å². The fraction of sp³-hybridized carbons (Fsp3) is 0.273. The number of alkyl halides is 3. The maximum Gasteiger partial charge on any atom is 0.416 e. The lowest BCUT2D eigenvalue weighted by Crippen LogP contribution is -2.25. The molecule has 1 amide bonds. The van der Waals surface area contributed by atoms with Crippen LogP contribution in [0.2, 0.25) is 0 Å². The number of H-pyrrole nitrogens is 1. The van der Waals surface area contributed by atoms with E-state index in [-0.39, 0.29) is 50.0 Å². The maximum atomic E-state index is 12.8. The highest BCUT2D eigenvalue weighted by atomic mass is 19.4. The zero-order valence-corrected chi connectivity index (χ0v) is 17.2. The number of ether oxygens (including phenoxy) is 2. The molecule has 33 heavy (non-hydrogen) atoms. The zero-order chi connectivity index (χ0) is 23.4. The second-order valence-electron chi connectivity index (χ2n) is 7.39. The summed E-state index contributed by atoms with van der Waals surface area (Å²) in [4.78, 5) is 26.9. The molecule has 0 spiro atoms. The minimum absolute atomic E-state index is 0.0114. The van der Waals surface area contributed by atoms with Gasteiger partial charge in [-0.25, -0.2) is 0 Å². The maximum absolute atomic E-state index is 12.8. The highest BCUT2D eigenvalue weighted by Gasteiger charge is 2.30. The molecule has 0 unspecified atom stereocenters. The molecule has 2 aromatic carbocycles. The van der Waals surface area contributed by atoms with Crippen molar-refractivity contribution in [1.82, 2.24) is 20.5 Å². The van der Waals surface area contributed by atoms with Crippen molar-refractivity contribution in [2.75, 3.05) is 6.79 Å². The number of aryl methyl sites for hydroxylation is 1. The van der Waals surface area contributed by atoms with Crippen LogP contribution < -0.4 is 20.3 Å². The number of carbonyl (C=O) groups excluding carboxylic acids is 1. The van der Waals surface area contributed by atoms with Gasteiger partial charge in [-0.15, -0.1) is 10.2 Å². The van der Waals surface area contributed by atoms with E-state index in [0.29, 0.717) is 17.1 Å². The van der Waals surface area contributed by atoms with Crippen molar-refractivity contribution in [2.45, 2.75) is 32.0 Å². The average molecular weight is 460 g/mol. The SMILES string of the molecule is O=C(CCc1nnc(Cc2cccc(C(F)(F)F)c2)[nH]c1=O)NCc1ccc2c(c1)OCO2. The van der Waals surface area contributed by atoms with Crippen LogP contribution in [-0.4, -0.2) is 27.9 Å². The van der Waals surface area contributed by atoms with Crippen LogP contribution in [-0.2, 0) is 30.4 Å². The third kappa shape index (κ3) is 5.68.